The van der Waals surface area contributed by atoms with E-state index >= 15 is 0 Å². The third-order valence-corrected chi connectivity index (χ3v) is 4.71. The molecule has 0 saturated heterocycles. The molecule has 3 aromatic rings. The number of nitrogens with one attached hydrogen (secondary N) is 1. The molecule has 0 bridgehead atoms. The molecule has 0 radical (unpaired) electrons. The fourth-order valence-electron chi connectivity index (χ4n) is 2.84. The van der Waals surface area contributed by atoms with Crippen LogP contribution in [0.3, 0.4) is 0 Å². The molecule has 0 atom stereocenters. The maximum atomic E-state index is 13.1. The largest absolute Gasteiger partial charge is 1.00 e. The zero-order valence-corrected chi connectivity index (χ0v) is 19.0. The van der Waals surface area contributed by atoms with E-state index in [1.54, 1.807) is 29.9 Å². The van der Waals surface area contributed by atoms with Gasteiger partial charge in [0.15, 0.2) is 6.20 Å². The number of aromatic nitrogens is 1. The molecule has 0 saturated carbocycles. The van der Waals surface area contributed by atoms with Gasteiger partial charge in [0.2, 0.25) is 18.2 Å². The lowest BCUT2D eigenvalue weighted by molar-refractivity contribution is -0.681. The van der Waals surface area contributed by atoms with E-state index in [9.17, 15) is 14.0 Å². The molecule has 4 nitrogen and oxygen atoms in total. The lowest BCUT2D eigenvalue weighted by Crippen LogP contribution is -3.00. The summed E-state index contributed by atoms with van der Waals surface area (Å²) < 4.78 is 14.7. The summed E-state index contributed by atoms with van der Waals surface area (Å²) in [6, 6.07) is 18.3. The molecule has 2 aromatic carbocycles. The molecule has 1 amide bonds. The molecule has 7 heteroatoms. The Hall–Kier alpha value is -2.58. The molecule has 0 fully saturated rings. The lowest BCUT2D eigenvalue weighted by Gasteiger charge is -2.08. The number of nitrogens with zero attached hydrogens (tertiary/aromatic N) is 1. The van der Waals surface area contributed by atoms with E-state index in [1.165, 1.54) is 30.3 Å². The van der Waals surface area contributed by atoms with Crippen molar-refractivity contribution in [2.75, 3.05) is 7.05 Å². The van der Waals surface area contributed by atoms with Crippen LogP contribution in [0.15, 0.2) is 79.0 Å². The van der Waals surface area contributed by atoms with Crippen LogP contribution in [-0.4, -0.2) is 18.7 Å². The lowest BCUT2D eigenvalue weighted by atomic mass is 9.98. The second-order valence-electron chi connectivity index (χ2n) is 6.34. The van der Waals surface area contributed by atoms with Gasteiger partial charge in [-0.25, -0.2) is 4.39 Å². The van der Waals surface area contributed by atoms with Gasteiger partial charge < -0.3 is 29.3 Å². The molecule has 0 spiro atoms. The standard InChI is InChI=1S/C23H18ClFN2O2.HI/c1-26-23(29)13-20(16-5-3-2-4-6-16)18-9-12-22(24)27(14-18)15-21(28)17-7-10-19(25)11-8-17;/h2-14H,15H2,1H3;1H/b20-13-;. The molecule has 154 valence electrons. The van der Waals surface area contributed by atoms with Crippen LogP contribution in [0.25, 0.3) is 5.57 Å². The first-order chi connectivity index (χ1) is 14.0. The first-order valence-corrected chi connectivity index (χ1v) is 9.32. The Morgan fingerprint density at radius 2 is 1.60 bits per heavy atom. The Balaban J connectivity index is 0.00000320. The molecule has 0 aliphatic heterocycles. The van der Waals surface area contributed by atoms with Crippen molar-refractivity contribution in [1.82, 2.24) is 5.32 Å². The van der Waals surface area contributed by atoms with Gasteiger partial charge in [0, 0.05) is 35.9 Å². The summed E-state index contributed by atoms with van der Waals surface area (Å²) >= 11 is 6.29. The maximum absolute atomic E-state index is 13.1. The summed E-state index contributed by atoms with van der Waals surface area (Å²) in [4.78, 5) is 24.6. The average Bonchev–Trinajstić information content (AvgIpc) is 2.74. The Morgan fingerprint density at radius 1 is 0.967 bits per heavy atom. The first-order valence-electron chi connectivity index (χ1n) is 8.95. The fourth-order valence-corrected chi connectivity index (χ4v) is 3.02. The quantitative estimate of drug-likeness (QED) is 0.167. The van der Waals surface area contributed by atoms with Gasteiger partial charge in [-0.2, -0.15) is 4.57 Å². The highest BCUT2D eigenvalue weighted by Gasteiger charge is 2.19. The van der Waals surface area contributed by atoms with Crippen molar-refractivity contribution >= 4 is 28.9 Å². The summed E-state index contributed by atoms with van der Waals surface area (Å²) in [7, 11) is 1.56. The van der Waals surface area contributed by atoms with Crippen molar-refractivity contribution in [2.24, 2.45) is 0 Å². The van der Waals surface area contributed by atoms with E-state index in [0.29, 0.717) is 16.3 Å². The van der Waals surface area contributed by atoms with E-state index in [0.717, 1.165) is 11.1 Å². The monoisotopic (exact) mass is 536 g/mol. The van der Waals surface area contributed by atoms with Crippen LogP contribution in [-0.2, 0) is 11.3 Å². The molecule has 1 N–H and O–H groups in total. The number of carbonyl (C=O) groups is 2. The summed E-state index contributed by atoms with van der Waals surface area (Å²) in [5, 5.41) is 2.96. The van der Waals surface area contributed by atoms with Crippen LogP contribution in [0.2, 0.25) is 5.15 Å². The zero-order chi connectivity index (χ0) is 20.8. The molecule has 0 aliphatic rings. The first kappa shape index (κ1) is 23.7. The number of hydrogen-bond donors (Lipinski definition) is 1. The highest BCUT2D eigenvalue weighted by Crippen LogP contribution is 2.23. The predicted molar refractivity (Wildman–Crippen MR) is 110 cm³/mol. The molecule has 1 heterocycles. The summed E-state index contributed by atoms with van der Waals surface area (Å²) in [6.45, 7) is -0.0135. The minimum atomic E-state index is -0.402. The number of ketones is 1. The maximum Gasteiger partial charge on any atom is 0.275 e. The Labute approximate surface area is 196 Å². The van der Waals surface area contributed by atoms with Gasteiger partial charge in [-0.1, -0.05) is 30.3 Å². The molecular formula is C23H19ClFIN2O2. The summed E-state index contributed by atoms with van der Waals surface area (Å²) in [5.74, 6) is -0.848. The molecule has 0 unspecified atom stereocenters. The second-order valence-corrected chi connectivity index (χ2v) is 6.72. The molecule has 30 heavy (non-hydrogen) atoms. The number of benzene rings is 2. The topological polar surface area (TPSA) is 50.1 Å². The van der Waals surface area contributed by atoms with E-state index in [1.807, 2.05) is 30.3 Å². The Morgan fingerprint density at radius 3 is 2.23 bits per heavy atom. The van der Waals surface area contributed by atoms with Crippen LogP contribution in [0.1, 0.15) is 21.5 Å². The minimum absolute atomic E-state index is 0. The number of Topliss-reactive ketones (excluding diaryl/α,β-unsaturated/α-hetero) is 1. The Kier molecular flexibility index (Phi) is 8.68. The number of halogens is 3. The van der Waals surface area contributed by atoms with E-state index in [2.05, 4.69) is 5.32 Å². The van der Waals surface area contributed by atoms with Crippen LogP contribution >= 0.6 is 11.6 Å². The van der Waals surface area contributed by atoms with E-state index in [-0.39, 0.29) is 42.2 Å². The van der Waals surface area contributed by atoms with Gasteiger partial charge in [0.25, 0.3) is 5.15 Å². The normalized spacial score (nSPS) is 10.8. The highest BCUT2D eigenvalue weighted by atomic mass is 127. The third kappa shape index (κ3) is 5.96. The van der Waals surface area contributed by atoms with Crippen molar-refractivity contribution in [1.29, 1.82) is 0 Å². The van der Waals surface area contributed by atoms with Crippen molar-refractivity contribution in [3.63, 3.8) is 0 Å². The van der Waals surface area contributed by atoms with Crippen LogP contribution in [0, 0.1) is 5.82 Å². The molecule has 0 aliphatic carbocycles. The van der Waals surface area contributed by atoms with Gasteiger partial charge in [-0.15, -0.1) is 0 Å². The van der Waals surface area contributed by atoms with Gasteiger partial charge in [-0.3, -0.25) is 9.59 Å². The zero-order valence-electron chi connectivity index (χ0n) is 16.1. The SMILES string of the molecule is CNC(=O)/C=C(/c1ccccc1)c1ccc(Cl)[n+](CC(=O)c2ccc(F)cc2)c1.[I-]. The Bertz CT molecular complexity index is 1070. The van der Waals surface area contributed by atoms with Crippen LogP contribution < -0.4 is 33.9 Å². The molecule has 1 aromatic heterocycles. The van der Waals surface area contributed by atoms with Crippen molar-refractivity contribution in [3.05, 3.63) is 107 Å². The number of likely N-dealkylation sites (N-methyl/N-ethyl adjacent to an activating group) is 1. The number of pyridine rings is 1. The van der Waals surface area contributed by atoms with E-state index < -0.39 is 5.82 Å². The number of carbonyl (C=O) groups excluding carboxylic acids is 2. The third-order valence-electron chi connectivity index (χ3n) is 4.37. The molecular weight excluding hydrogens is 518 g/mol. The smallest absolute Gasteiger partial charge is 0.275 e. The molecule has 3 rings (SSSR count). The van der Waals surface area contributed by atoms with Gasteiger partial charge >= 0.3 is 0 Å². The second kappa shape index (κ2) is 11.0. The number of hydrogen-bond acceptors (Lipinski definition) is 2. The van der Waals surface area contributed by atoms with Crippen molar-refractivity contribution in [3.8, 4) is 0 Å². The minimum Gasteiger partial charge on any atom is -1.00 e. The number of rotatable bonds is 6. The summed E-state index contributed by atoms with van der Waals surface area (Å²) in [6.07, 6.45) is 3.23. The fraction of sp³-hybridized carbons (Fsp3) is 0.0870. The predicted octanol–water partition coefficient (Wildman–Crippen LogP) is 0.831. The summed E-state index contributed by atoms with van der Waals surface area (Å²) in [5.41, 5.74) is 2.68. The van der Waals surface area contributed by atoms with E-state index in [4.69, 9.17) is 11.6 Å². The van der Waals surface area contributed by atoms with Gasteiger partial charge in [0.05, 0.1) is 0 Å². The highest BCUT2D eigenvalue weighted by molar-refractivity contribution is 6.28. The van der Waals surface area contributed by atoms with Crippen LogP contribution in [0.5, 0.6) is 0 Å². The average molecular weight is 537 g/mol. The van der Waals surface area contributed by atoms with Crippen LogP contribution in [0.4, 0.5) is 4.39 Å². The van der Waals surface area contributed by atoms with Gasteiger partial charge in [0.1, 0.15) is 5.82 Å². The number of amides is 1. The van der Waals surface area contributed by atoms with Crippen molar-refractivity contribution in [2.45, 2.75) is 6.54 Å². The van der Waals surface area contributed by atoms with Gasteiger partial charge in [-0.05, 0) is 47.5 Å². The van der Waals surface area contributed by atoms with Crippen molar-refractivity contribution < 1.29 is 42.5 Å².